The van der Waals surface area contributed by atoms with Crippen LogP contribution in [0.5, 0.6) is 11.6 Å². The van der Waals surface area contributed by atoms with Crippen LogP contribution in [0.2, 0.25) is 0 Å². The van der Waals surface area contributed by atoms with Gasteiger partial charge in [0, 0.05) is 24.2 Å². The van der Waals surface area contributed by atoms with Crippen LogP contribution in [-0.2, 0) is 5.88 Å². The Morgan fingerprint density at radius 1 is 1.12 bits per heavy atom. The number of halogens is 3. The van der Waals surface area contributed by atoms with Crippen LogP contribution < -0.4 is 4.74 Å². The SMILES string of the molecule is Fc1ccc(Oc2cc(CCl)ccn2)cc1F. The molecule has 2 rings (SSSR count). The Kier molecular flexibility index (Phi) is 3.54. The highest BCUT2D eigenvalue weighted by molar-refractivity contribution is 6.17. The number of alkyl halides is 1. The predicted octanol–water partition coefficient (Wildman–Crippen LogP) is 3.89. The molecule has 0 fully saturated rings. The van der Waals surface area contributed by atoms with Crippen molar-refractivity contribution in [1.82, 2.24) is 4.98 Å². The van der Waals surface area contributed by atoms with Gasteiger partial charge >= 0.3 is 0 Å². The van der Waals surface area contributed by atoms with Crippen molar-refractivity contribution in [2.75, 3.05) is 0 Å². The molecule has 5 heteroatoms. The number of hydrogen-bond acceptors (Lipinski definition) is 2. The summed E-state index contributed by atoms with van der Waals surface area (Å²) >= 11 is 5.65. The summed E-state index contributed by atoms with van der Waals surface area (Å²) < 4.78 is 30.9. The minimum absolute atomic E-state index is 0.183. The first kappa shape index (κ1) is 11.8. The fraction of sp³-hybridized carbons (Fsp3) is 0.0833. The van der Waals surface area contributed by atoms with E-state index in [1.807, 2.05) is 0 Å². The van der Waals surface area contributed by atoms with Gasteiger partial charge in [0.25, 0.3) is 0 Å². The van der Waals surface area contributed by atoms with Gasteiger partial charge in [-0.3, -0.25) is 0 Å². The van der Waals surface area contributed by atoms with Crippen molar-refractivity contribution in [1.29, 1.82) is 0 Å². The maximum atomic E-state index is 12.9. The van der Waals surface area contributed by atoms with Crippen molar-refractivity contribution < 1.29 is 13.5 Å². The molecular formula is C12H8ClF2NO. The van der Waals surface area contributed by atoms with E-state index in [0.717, 1.165) is 17.7 Å². The second kappa shape index (κ2) is 5.10. The number of aromatic nitrogens is 1. The third-order valence-corrected chi connectivity index (χ3v) is 2.38. The standard InChI is InChI=1S/C12H8ClF2NO/c13-7-8-3-4-16-12(5-8)17-9-1-2-10(14)11(15)6-9/h1-6H,7H2. The molecule has 0 bridgehead atoms. The van der Waals surface area contributed by atoms with E-state index in [0.29, 0.717) is 5.88 Å². The molecule has 1 heterocycles. The lowest BCUT2D eigenvalue weighted by Gasteiger charge is -2.05. The zero-order valence-corrected chi connectivity index (χ0v) is 9.42. The lowest BCUT2D eigenvalue weighted by Crippen LogP contribution is -1.91. The summed E-state index contributed by atoms with van der Waals surface area (Å²) in [6.07, 6.45) is 1.53. The van der Waals surface area contributed by atoms with E-state index in [9.17, 15) is 8.78 Å². The van der Waals surface area contributed by atoms with Crippen molar-refractivity contribution in [2.45, 2.75) is 5.88 Å². The molecule has 2 aromatic rings. The molecule has 0 unspecified atom stereocenters. The molecule has 0 amide bonds. The Labute approximate surface area is 102 Å². The summed E-state index contributed by atoms with van der Waals surface area (Å²) in [7, 11) is 0. The van der Waals surface area contributed by atoms with Gasteiger partial charge < -0.3 is 4.74 Å². The molecule has 1 aromatic carbocycles. The van der Waals surface area contributed by atoms with Crippen molar-refractivity contribution in [2.24, 2.45) is 0 Å². The monoisotopic (exact) mass is 255 g/mol. The first-order valence-electron chi connectivity index (χ1n) is 4.83. The van der Waals surface area contributed by atoms with E-state index >= 15 is 0 Å². The topological polar surface area (TPSA) is 22.1 Å². The van der Waals surface area contributed by atoms with Crippen LogP contribution in [-0.4, -0.2) is 4.98 Å². The highest BCUT2D eigenvalue weighted by Gasteiger charge is 2.05. The Balaban J connectivity index is 2.22. The second-order valence-electron chi connectivity index (χ2n) is 3.31. The molecule has 2 nitrogen and oxygen atoms in total. The molecule has 0 N–H and O–H groups in total. The molecule has 0 atom stereocenters. The first-order valence-corrected chi connectivity index (χ1v) is 5.36. The van der Waals surface area contributed by atoms with Gasteiger partial charge in [-0.2, -0.15) is 0 Å². The van der Waals surface area contributed by atoms with Crippen LogP contribution >= 0.6 is 11.6 Å². The number of rotatable bonds is 3. The van der Waals surface area contributed by atoms with Gasteiger partial charge in [-0.05, 0) is 23.8 Å². The van der Waals surface area contributed by atoms with Gasteiger partial charge in [0.05, 0.1) is 0 Å². The fourth-order valence-electron chi connectivity index (χ4n) is 1.25. The van der Waals surface area contributed by atoms with Gasteiger partial charge in [0.1, 0.15) is 5.75 Å². The van der Waals surface area contributed by atoms with Crippen LogP contribution in [0.1, 0.15) is 5.56 Å². The van der Waals surface area contributed by atoms with Crippen molar-refractivity contribution >= 4 is 11.6 Å². The van der Waals surface area contributed by atoms with E-state index in [4.69, 9.17) is 16.3 Å². The molecule has 0 saturated heterocycles. The van der Waals surface area contributed by atoms with Crippen molar-refractivity contribution in [3.8, 4) is 11.6 Å². The van der Waals surface area contributed by atoms with Crippen molar-refractivity contribution in [3.63, 3.8) is 0 Å². The van der Waals surface area contributed by atoms with E-state index in [-0.39, 0.29) is 11.6 Å². The zero-order chi connectivity index (χ0) is 12.3. The lowest BCUT2D eigenvalue weighted by molar-refractivity contribution is 0.447. The maximum Gasteiger partial charge on any atom is 0.219 e. The smallest absolute Gasteiger partial charge is 0.219 e. The van der Waals surface area contributed by atoms with E-state index in [1.54, 1.807) is 12.1 Å². The first-order chi connectivity index (χ1) is 8.19. The van der Waals surface area contributed by atoms with Crippen LogP contribution in [0.4, 0.5) is 8.78 Å². The van der Waals surface area contributed by atoms with Gasteiger partial charge in [0.2, 0.25) is 5.88 Å². The molecule has 17 heavy (non-hydrogen) atoms. The summed E-state index contributed by atoms with van der Waals surface area (Å²) in [5.41, 5.74) is 0.833. The number of pyridine rings is 1. The average molecular weight is 256 g/mol. The largest absolute Gasteiger partial charge is 0.439 e. The quantitative estimate of drug-likeness (QED) is 0.776. The third-order valence-electron chi connectivity index (χ3n) is 2.07. The lowest BCUT2D eigenvalue weighted by atomic mass is 10.3. The summed E-state index contributed by atoms with van der Waals surface area (Å²) in [6.45, 7) is 0. The van der Waals surface area contributed by atoms with Crippen LogP contribution in [0.15, 0.2) is 36.5 Å². The molecule has 0 spiro atoms. The molecule has 1 aromatic heterocycles. The van der Waals surface area contributed by atoms with Gasteiger partial charge in [0.15, 0.2) is 11.6 Å². The predicted molar refractivity (Wildman–Crippen MR) is 60.2 cm³/mol. The van der Waals surface area contributed by atoms with E-state index in [1.165, 1.54) is 12.3 Å². The van der Waals surface area contributed by atoms with Crippen LogP contribution in [0.25, 0.3) is 0 Å². The molecule has 0 radical (unpaired) electrons. The van der Waals surface area contributed by atoms with E-state index < -0.39 is 11.6 Å². The summed E-state index contributed by atoms with van der Waals surface area (Å²) in [5, 5.41) is 0. The molecular weight excluding hydrogens is 248 g/mol. The Bertz CT molecular complexity index is 534. The molecule has 0 aliphatic heterocycles. The minimum Gasteiger partial charge on any atom is -0.439 e. The van der Waals surface area contributed by atoms with Gasteiger partial charge in [-0.15, -0.1) is 11.6 Å². The average Bonchev–Trinajstić information content (AvgIpc) is 2.34. The fourth-order valence-corrected chi connectivity index (χ4v) is 1.42. The number of nitrogens with zero attached hydrogens (tertiary/aromatic N) is 1. The second-order valence-corrected chi connectivity index (χ2v) is 3.58. The van der Waals surface area contributed by atoms with Gasteiger partial charge in [-0.25, -0.2) is 13.8 Å². The highest BCUT2D eigenvalue weighted by atomic mass is 35.5. The van der Waals surface area contributed by atoms with Crippen molar-refractivity contribution in [3.05, 3.63) is 53.7 Å². The molecule has 0 aliphatic rings. The third kappa shape index (κ3) is 2.91. The summed E-state index contributed by atoms with van der Waals surface area (Å²) in [4.78, 5) is 3.94. The number of hydrogen-bond donors (Lipinski definition) is 0. The molecule has 0 saturated carbocycles. The summed E-state index contributed by atoms with van der Waals surface area (Å²) in [6, 6.07) is 6.66. The Hall–Kier alpha value is -1.68. The maximum absolute atomic E-state index is 12.9. The van der Waals surface area contributed by atoms with Crippen LogP contribution in [0.3, 0.4) is 0 Å². The Morgan fingerprint density at radius 2 is 1.94 bits per heavy atom. The van der Waals surface area contributed by atoms with Gasteiger partial charge in [-0.1, -0.05) is 0 Å². The zero-order valence-electron chi connectivity index (χ0n) is 8.66. The normalized spacial score (nSPS) is 10.3. The molecule has 0 aliphatic carbocycles. The number of benzene rings is 1. The van der Waals surface area contributed by atoms with Crippen LogP contribution in [0, 0.1) is 11.6 Å². The highest BCUT2D eigenvalue weighted by Crippen LogP contribution is 2.22. The minimum atomic E-state index is -0.962. The summed E-state index contributed by atoms with van der Waals surface area (Å²) in [5.74, 6) is -1.08. The number of ether oxygens (including phenoxy) is 1. The molecule has 88 valence electrons. The Morgan fingerprint density at radius 3 is 2.65 bits per heavy atom. The van der Waals surface area contributed by atoms with E-state index in [2.05, 4.69) is 4.98 Å².